The molecule has 11 aliphatic rings. The fourth-order valence-corrected chi connectivity index (χ4v) is 16.1. The maximum Gasteiger partial charge on any atom is 0.217 e. The molecule has 125 heavy (non-hydrogen) atoms. The first kappa shape index (κ1) is 103. The summed E-state index contributed by atoms with van der Waals surface area (Å²) in [7, 11) is 0. The number of hydrogen-bond donors (Lipinski definition) is 35. The molecule has 0 unspecified atom stereocenters. The van der Waals surface area contributed by atoms with Crippen molar-refractivity contribution in [3.8, 4) is 0 Å². The Morgan fingerprint density at radius 3 is 0.728 bits per heavy atom. The minimum Gasteiger partial charge on any atom is -0.394 e. The van der Waals surface area contributed by atoms with Crippen LogP contribution >= 0.6 is 0 Å². The maximum absolute atomic E-state index is 12.6. The molecule has 0 aromatic carbocycles. The Morgan fingerprint density at radius 2 is 0.416 bits per heavy atom. The summed E-state index contributed by atoms with van der Waals surface area (Å²) in [6, 6.07) is -1.81. The molecule has 1 amide bonds. The molecule has 35 N–H and O–H groups in total. The van der Waals surface area contributed by atoms with E-state index >= 15 is 0 Å². The van der Waals surface area contributed by atoms with Crippen LogP contribution in [-0.2, 0) is 104 Å². The van der Waals surface area contributed by atoms with Crippen LogP contribution in [0.4, 0.5) is 0 Å². The molecule has 0 saturated carbocycles. The first-order valence-corrected chi connectivity index (χ1v) is 39.7. The largest absolute Gasteiger partial charge is 0.394 e. The molecule has 11 saturated heterocycles. The highest BCUT2D eigenvalue weighted by atomic mass is 16.8. The first-order valence-electron chi connectivity index (χ1n) is 39.7. The van der Waals surface area contributed by atoms with Gasteiger partial charge in [0.2, 0.25) is 5.91 Å². The lowest BCUT2D eigenvalue weighted by Crippen LogP contribution is -2.69. The summed E-state index contributed by atoms with van der Waals surface area (Å²) in [4.78, 5) is 12.4. The van der Waals surface area contributed by atoms with Gasteiger partial charge in [-0.1, -0.05) is 0 Å². The van der Waals surface area contributed by atoms with E-state index < -0.39 is 416 Å². The van der Waals surface area contributed by atoms with Gasteiger partial charge in [0.05, 0.1) is 72.7 Å². The zero-order chi connectivity index (χ0) is 91.7. The van der Waals surface area contributed by atoms with E-state index in [0.29, 0.717) is 0 Å². The van der Waals surface area contributed by atoms with E-state index in [1.807, 2.05) is 0 Å². The summed E-state index contributed by atoms with van der Waals surface area (Å²) < 4.78 is 122. The van der Waals surface area contributed by atoms with Gasteiger partial charge in [-0.05, 0) is 0 Å². The molecule has 11 heterocycles. The summed E-state index contributed by atoms with van der Waals surface area (Å²) in [5.74, 6) is -0.885. The monoisotopic (exact) mass is 1840 g/mol. The van der Waals surface area contributed by atoms with Crippen LogP contribution < -0.4 is 5.32 Å². The fraction of sp³-hybridized carbons (Fsp3) is 0.985. The lowest BCUT2D eigenvalue weighted by molar-refractivity contribution is -0.413. The fourth-order valence-electron chi connectivity index (χ4n) is 16.1. The smallest absolute Gasteiger partial charge is 0.217 e. The van der Waals surface area contributed by atoms with Gasteiger partial charge in [0.25, 0.3) is 0 Å². The van der Waals surface area contributed by atoms with Crippen LogP contribution in [0.15, 0.2) is 0 Å². The molecule has 57 nitrogen and oxygen atoms in total. The second-order valence-electron chi connectivity index (χ2n) is 31.6. The van der Waals surface area contributed by atoms with Crippen molar-refractivity contribution < 1.29 is 278 Å². The molecule has 11 fully saturated rings. The highest BCUT2D eigenvalue weighted by molar-refractivity contribution is 5.73. The summed E-state index contributed by atoms with van der Waals surface area (Å²) in [6.07, 6.45) is -118. The Kier molecular flexibility index (Phi) is 36.7. The number of aliphatic hydroxyl groups is 34. The molecule has 728 valence electrons. The van der Waals surface area contributed by atoms with Crippen LogP contribution in [0.1, 0.15) is 6.92 Å². The quantitative estimate of drug-likeness (QED) is 0.0297. The third kappa shape index (κ3) is 21.8. The number of hydrogen-bond acceptors (Lipinski definition) is 56. The van der Waals surface area contributed by atoms with Gasteiger partial charge < -0.3 is 278 Å². The number of nitrogens with one attached hydrogen (secondary N) is 1. The lowest BCUT2D eigenvalue weighted by Gasteiger charge is -2.51. The normalized spacial score (nSPS) is 52.7. The molecular formula is C68H115NO56. The van der Waals surface area contributed by atoms with Crippen LogP contribution in [0, 0.1) is 0 Å². The molecule has 0 aromatic heterocycles. The topological polar surface area (TPSA) is 911 Å². The highest BCUT2D eigenvalue weighted by Gasteiger charge is 2.62. The van der Waals surface area contributed by atoms with Crippen molar-refractivity contribution in [3.05, 3.63) is 0 Å². The van der Waals surface area contributed by atoms with Gasteiger partial charge in [-0.3, -0.25) is 4.79 Å². The zero-order valence-electron chi connectivity index (χ0n) is 65.7. The van der Waals surface area contributed by atoms with E-state index in [1.54, 1.807) is 0 Å². The molecule has 0 spiro atoms. The molecule has 11 rings (SSSR count). The average molecular weight is 1840 g/mol. The maximum atomic E-state index is 12.6. The number of carbonyl (C=O) groups is 1. The second kappa shape index (κ2) is 44.6. The zero-order valence-corrected chi connectivity index (χ0v) is 65.7. The number of carbonyl (C=O) groups excluding carboxylic acids is 1. The standard InChI is InChI=1S/C68H115NO56/c1-13(79)69-25-36(90)50(22(10-78)107-58(25)104)118-65-49(103)54(35(89)24(117-65)12-106-60-46(100)53(119-61-44(98)38(92)27(81)15(3-71)109-61)34(88)23(116-60)11-105-59-43(97)37(91)26(80)14(2-70)108-59)122-67-57(42(96)31(85)18(6-74)114-67)125-68-56(41(95)30(84)19(7-75)115-68)124-64-47(101)51(32(86)20(8-76)112-64)120-63-48(102)52(33(87)21(9-77)111-63)121-66-55(40(94)29(83)17(5-73)113-66)123-62-45(99)39(93)28(82)16(4-72)110-62/h14-68,70-78,80-104H,2-12H2,1H3,(H,69,79)/t14-,15-,16-,17-,18-,19-,20-,21-,22-,23-,24-,25-,26-,27-,28-,29-,30-,31-,32-,33-,34-,35-,36-,37+,38+,39+,40+,41+,42+,43+,44+,45-,46+,47+,48-,49+,50-,51+,52+,53+,54+,55-,56+,57+,58-,59+,60+,61-,62-,63-,64-,65+,66-,67-,68-/m1/s1. The van der Waals surface area contributed by atoms with Crippen molar-refractivity contribution in [2.45, 2.75) is 345 Å². The predicted octanol–water partition coefficient (Wildman–Crippen LogP) is -24.8. The molecule has 57 heteroatoms. The van der Waals surface area contributed by atoms with E-state index in [9.17, 15) is 178 Å². The van der Waals surface area contributed by atoms with E-state index in [2.05, 4.69) is 5.32 Å². The van der Waals surface area contributed by atoms with Crippen molar-refractivity contribution in [1.82, 2.24) is 5.32 Å². The minimum absolute atomic E-state index is 0.885. The van der Waals surface area contributed by atoms with Crippen molar-refractivity contribution in [3.63, 3.8) is 0 Å². The van der Waals surface area contributed by atoms with Crippen molar-refractivity contribution in [2.24, 2.45) is 0 Å². The Bertz CT molecular complexity index is 3250. The van der Waals surface area contributed by atoms with Gasteiger partial charge in [-0.2, -0.15) is 0 Å². The Labute approximate surface area is 704 Å². The second-order valence-corrected chi connectivity index (χ2v) is 31.6. The number of rotatable bonds is 32. The van der Waals surface area contributed by atoms with Crippen LogP contribution in [0.3, 0.4) is 0 Å². The van der Waals surface area contributed by atoms with Gasteiger partial charge in [-0.15, -0.1) is 0 Å². The Morgan fingerprint density at radius 1 is 0.208 bits per heavy atom. The van der Waals surface area contributed by atoms with Gasteiger partial charge in [0.1, 0.15) is 269 Å². The SMILES string of the molecule is CC(=O)N[C@@H]1[C@@H](O)[C@H](O[C@@H]2O[C@H](CO[C@H]3O[C@H](CO[C@H]4O[C@H](CO)[C@@H](O)[C@H](O)[C@@H]4O)[C@@H](O)[C@H](O[C@H]4O[C@H](CO)[C@@H](O)[C@H](O)[C@@H]4O)[C@@H]3O)[C@@H](O)[C@H](O[C@H]3O[C@H](CO)[C@@H](O)[C@H](O)[C@@H]3O[C@H]3O[C@H](CO)[C@@H](O)[C@H](O)[C@@H]3O[C@H]3O[C@H](CO)[C@@H](O)[C@H](O[C@H]4O[C@H](CO)[C@@H](O)[C@H](O[C@H]5O[C@H](CO)[C@@H](O)[C@H](O)[C@H]5O[C@H]5O[C@H](CO)[C@@H](O)[C@H](O)[C@H]5O)[C@H]4O)[C@@H]3O)[C@@H]2O)[C@@H](CO)O[C@H]1O. The molecule has 0 radical (unpaired) electrons. The van der Waals surface area contributed by atoms with E-state index in [1.165, 1.54) is 0 Å². The summed E-state index contributed by atoms with van der Waals surface area (Å²) in [6.45, 7) is -11.4. The lowest BCUT2D eigenvalue weighted by atomic mass is 9.94. The molecule has 0 aliphatic carbocycles. The van der Waals surface area contributed by atoms with Crippen LogP contribution in [0.5, 0.6) is 0 Å². The van der Waals surface area contributed by atoms with Crippen LogP contribution in [0.2, 0.25) is 0 Å². The van der Waals surface area contributed by atoms with Gasteiger partial charge in [0, 0.05) is 6.92 Å². The predicted molar refractivity (Wildman–Crippen MR) is 374 cm³/mol. The molecular weight excluding hydrogens is 1730 g/mol. The van der Waals surface area contributed by atoms with E-state index in [4.69, 9.17) is 99.5 Å². The summed E-state index contributed by atoms with van der Waals surface area (Å²) in [5, 5.41) is 379. The van der Waals surface area contributed by atoms with E-state index in [-0.39, 0.29) is 0 Å². The van der Waals surface area contributed by atoms with Crippen LogP contribution in [0.25, 0.3) is 0 Å². The number of amides is 1. The first-order chi connectivity index (χ1) is 59.3. The number of aliphatic hydroxyl groups excluding tert-OH is 34. The van der Waals surface area contributed by atoms with Crippen molar-refractivity contribution in [1.29, 1.82) is 0 Å². The van der Waals surface area contributed by atoms with Gasteiger partial charge in [-0.25, -0.2) is 0 Å². The number of ether oxygens (including phenoxy) is 21. The Balaban J connectivity index is 0.872. The van der Waals surface area contributed by atoms with Gasteiger partial charge >= 0.3 is 0 Å². The third-order valence-corrected chi connectivity index (χ3v) is 23.4. The molecule has 0 bridgehead atoms. The highest BCUT2D eigenvalue weighted by Crippen LogP contribution is 2.42. The molecule has 0 aromatic rings. The van der Waals surface area contributed by atoms with Crippen molar-refractivity contribution in [2.75, 3.05) is 72.7 Å². The third-order valence-electron chi connectivity index (χ3n) is 23.4. The average Bonchev–Trinajstić information content (AvgIpc) is 0.771. The minimum atomic E-state index is -2.59. The summed E-state index contributed by atoms with van der Waals surface area (Å²) in [5.41, 5.74) is 0. The van der Waals surface area contributed by atoms with Crippen molar-refractivity contribution >= 4 is 5.91 Å². The van der Waals surface area contributed by atoms with E-state index in [0.717, 1.165) is 6.92 Å². The molecule has 11 aliphatic heterocycles. The summed E-state index contributed by atoms with van der Waals surface area (Å²) >= 11 is 0. The molecule has 55 atom stereocenters. The van der Waals surface area contributed by atoms with Crippen LogP contribution in [-0.4, -0.2) is 590 Å². The Hall–Kier alpha value is -2.73. The van der Waals surface area contributed by atoms with Gasteiger partial charge in [0.15, 0.2) is 69.2 Å².